The fraction of sp³-hybridized carbons (Fsp3) is 0.286. The molecule has 0 N–H and O–H groups in total. The van der Waals surface area contributed by atoms with Crippen molar-refractivity contribution < 1.29 is 14.3 Å². The number of allylic oxidation sites excluding steroid dienone is 1. The van der Waals surface area contributed by atoms with Gasteiger partial charge in [-0.1, -0.05) is 43.3 Å². The second-order valence-corrected chi connectivity index (χ2v) is 4.02. The molecule has 4 nitrogen and oxygen atoms in total. The van der Waals surface area contributed by atoms with Gasteiger partial charge in [-0.15, -0.1) is 0 Å². The fourth-order valence-electron chi connectivity index (χ4n) is 1.88. The first kappa shape index (κ1) is 12.4. The maximum absolute atomic E-state index is 11.9. The van der Waals surface area contributed by atoms with Crippen LogP contribution >= 0.6 is 0 Å². The molecule has 0 saturated carbocycles. The molecule has 1 aromatic carbocycles. The Hall–Kier alpha value is -2.10. The predicted octanol–water partition coefficient (Wildman–Crippen LogP) is 2.67. The van der Waals surface area contributed by atoms with Gasteiger partial charge in [-0.3, -0.25) is 4.79 Å². The Morgan fingerprint density at radius 1 is 1.44 bits per heavy atom. The maximum atomic E-state index is 11.9. The van der Waals surface area contributed by atoms with Gasteiger partial charge in [0, 0.05) is 0 Å². The van der Waals surface area contributed by atoms with Gasteiger partial charge in [0.25, 0.3) is 5.91 Å². The molecule has 1 aliphatic heterocycles. The highest BCUT2D eigenvalue weighted by Crippen LogP contribution is 2.27. The molecule has 0 spiro atoms. The molecule has 1 aromatic rings. The van der Waals surface area contributed by atoms with Crippen molar-refractivity contribution in [2.75, 3.05) is 6.61 Å². The first-order valence-corrected chi connectivity index (χ1v) is 5.95. The lowest BCUT2D eigenvalue weighted by atomic mass is 10.1. The largest absolute Gasteiger partial charge is 0.446 e. The number of benzene rings is 1. The molecule has 1 saturated heterocycles. The summed E-state index contributed by atoms with van der Waals surface area (Å²) in [6.07, 6.45) is 3.33. The van der Waals surface area contributed by atoms with E-state index in [1.54, 1.807) is 6.08 Å². The van der Waals surface area contributed by atoms with E-state index in [2.05, 4.69) is 0 Å². The summed E-state index contributed by atoms with van der Waals surface area (Å²) in [5.74, 6) is -0.326. The van der Waals surface area contributed by atoms with Crippen molar-refractivity contribution in [3.05, 3.63) is 48.0 Å². The van der Waals surface area contributed by atoms with Crippen LogP contribution in [0.4, 0.5) is 4.79 Å². The van der Waals surface area contributed by atoms with Crippen LogP contribution in [-0.2, 0) is 9.53 Å². The minimum absolute atomic E-state index is 0.217. The third-order valence-electron chi connectivity index (χ3n) is 2.79. The number of imide groups is 1. The summed E-state index contributed by atoms with van der Waals surface area (Å²) < 4.78 is 4.97. The summed E-state index contributed by atoms with van der Waals surface area (Å²) in [5.41, 5.74) is 0.904. The third-order valence-corrected chi connectivity index (χ3v) is 2.79. The van der Waals surface area contributed by atoms with Crippen LogP contribution in [0.15, 0.2) is 42.5 Å². The summed E-state index contributed by atoms with van der Waals surface area (Å²) in [7, 11) is 0. The molecular formula is C14H15NO3. The number of carbonyl (C=O) groups is 2. The molecule has 0 bridgehead atoms. The number of amides is 2. The molecule has 18 heavy (non-hydrogen) atoms. The number of hydrogen-bond acceptors (Lipinski definition) is 3. The first-order valence-electron chi connectivity index (χ1n) is 5.95. The second kappa shape index (κ2) is 5.49. The highest BCUT2D eigenvalue weighted by Gasteiger charge is 2.37. The van der Waals surface area contributed by atoms with Gasteiger partial charge in [0.2, 0.25) is 0 Å². The number of nitrogens with zero attached hydrogens (tertiary/aromatic N) is 1. The van der Waals surface area contributed by atoms with E-state index in [1.807, 2.05) is 37.3 Å². The van der Waals surface area contributed by atoms with E-state index in [0.717, 1.165) is 12.0 Å². The van der Waals surface area contributed by atoms with Crippen molar-refractivity contribution >= 4 is 12.0 Å². The van der Waals surface area contributed by atoms with Gasteiger partial charge in [0.05, 0.1) is 0 Å². The van der Waals surface area contributed by atoms with Gasteiger partial charge in [0.1, 0.15) is 12.6 Å². The Balaban J connectivity index is 2.23. The van der Waals surface area contributed by atoms with Gasteiger partial charge in [-0.2, -0.15) is 0 Å². The molecule has 0 radical (unpaired) electrons. The molecule has 4 heteroatoms. The quantitative estimate of drug-likeness (QED) is 0.769. The number of hydrogen-bond donors (Lipinski definition) is 0. The average Bonchev–Trinajstić information content (AvgIpc) is 2.79. The van der Waals surface area contributed by atoms with Crippen LogP contribution in [-0.4, -0.2) is 23.5 Å². The van der Waals surface area contributed by atoms with E-state index in [-0.39, 0.29) is 18.6 Å². The Bertz CT molecular complexity index is 467. The van der Waals surface area contributed by atoms with Crippen LogP contribution in [0.25, 0.3) is 0 Å². The van der Waals surface area contributed by atoms with Crippen molar-refractivity contribution in [1.82, 2.24) is 4.90 Å². The van der Waals surface area contributed by atoms with E-state index in [4.69, 9.17) is 4.74 Å². The standard InChI is InChI=1S/C14H15NO3/c1-2-3-9-13(16)15-12(10-18-14(15)17)11-7-5-4-6-8-11/h3-9,12H,2,10H2,1H3/t12-/m1/s1. The molecule has 0 aromatic heterocycles. The summed E-state index contributed by atoms with van der Waals surface area (Å²) in [5, 5.41) is 0. The van der Waals surface area contributed by atoms with Crippen LogP contribution in [0, 0.1) is 0 Å². The number of carbonyl (C=O) groups excluding carboxylic acids is 2. The minimum Gasteiger partial charge on any atom is -0.446 e. The first-order chi connectivity index (χ1) is 8.74. The molecule has 2 amide bonds. The van der Waals surface area contributed by atoms with Crippen molar-refractivity contribution in [2.24, 2.45) is 0 Å². The zero-order valence-corrected chi connectivity index (χ0v) is 10.2. The summed E-state index contributed by atoms with van der Waals surface area (Å²) >= 11 is 0. The van der Waals surface area contributed by atoms with E-state index in [1.165, 1.54) is 11.0 Å². The van der Waals surface area contributed by atoms with Crippen molar-refractivity contribution in [3.63, 3.8) is 0 Å². The van der Waals surface area contributed by atoms with Crippen molar-refractivity contribution in [2.45, 2.75) is 19.4 Å². The smallest absolute Gasteiger partial charge is 0.417 e. The van der Waals surface area contributed by atoms with E-state index < -0.39 is 6.09 Å². The van der Waals surface area contributed by atoms with Gasteiger partial charge in [0.15, 0.2) is 0 Å². The van der Waals surface area contributed by atoms with Gasteiger partial charge in [-0.05, 0) is 18.1 Å². The van der Waals surface area contributed by atoms with Crippen LogP contribution < -0.4 is 0 Å². The molecule has 0 aliphatic carbocycles. The monoisotopic (exact) mass is 245 g/mol. The number of rotatable bonds is 3. The van der Waals surface area contributed by atoms with Gasteiger partial charge < -0.3 is 4.74 Å². The lowest BCUT2D eigenvalue weighted by Crippen LogP contribution is -2.32. The minimum atomic E-state index is -0.574. The zero-order valence-electron chi connectivity index (χ0n) is 10.2. The van der Waals surface area contributed by atoms with Crippen molar-refractivity contribution in [3.8, 4) is 0 Å². The normalized spacial score (nSPS) is 19.3. The molecule has 0 unspecified atom stereocenters. The van der Waals surface area contributed by atoms with E-state index in [9.17, 15) is 9.59 Å². The number of cyclic esters (lactones) is 1. The SMILES string of the molecule is CCC=CC(=O)N1C(=O)OC[C@@H]1c1ccccc1. The molecular weight excluding hydrogens is 230 g/mol. The topological polar surface area (TPSA) is 46.6 Å². The average molecular weight is 245 g/mol. The second-order valence-electron chi connectivity index (χ2n) is 4.02. The Morgan fingerprint density at radius 3 is 2.83 bits per heavy atom. The predicted molar refractivity (Wildman–Crippen MR) is 66.8 cm³/mol. The van der Waals surface area contributed by atoms with Gasteiger partial charge in [-0.25, -0.2) is 9.69 Å². The highest BCUT2D eigenvalue weighted by atomic mass is 16.6. The highest BCUT2D eigenvalue weighted by molar-refractivity contribution is 5.99. The Labute approximate surface area is 106 Å². The van der Waals surface area contributed by atoms with Gasteiger partial charge >= 0.3 is 6.09 Å². The molecule has 1 aliphatic rings. The van der Waals surface area contributed by atoms with Crippen LogP contribution in [0.1, 0.15) is 24.9 Å². The third kappa shape index (κ3) is 2.42. The van der Waals surface area contributed by atoms with Crippen LogP contribution in [0.3, 0.4) is 0 Å². The fourth-order valence-corrected chi connectivity index (χ4v) is 1.88. The number of ether oxygens (including phenoxy) is 1. The maximum Gasteiger partial charge on any atom is 0.417 e. The Morgan fingerprint density at radius 2 is 2.17 bits per heavy atom. The van der Waals surface area contributed by atoms with Crippen LogP contribution in [0.5, 0.6) is 0 Å². The van der Waals surface area contributed by atoms with Crippen molar-refractivity contribution in [1.29, 1.82) is 0 Å². The molecule has 2 rings (SSSR count). The molecule has 1 atom stereocenters. The summed E-state index contributed by atoms with van der Waals surface area (Å²) in [6, 6.07) is 9.09. The lowest BCUT2D eigenvalue weighted by Gasteiger charge is -2.18. The molecule has 1 fully saturated rings. The zero-order chi connectivity index (χ0) is 13.0. The van der Waals surface area contributed by atoms with E-state index >= 15 is 0 Å². The Kier molecular flexibility index (Phi) is 3.77. The summed E-state index contributed by atoms with van der Waals surface area (Å²) in [4.78, 5) is 24.7. The molecule has 94 valence electrons. The van der Waals surface area contributed by atoms with Crippen LogP contribution in [0.2, 0.25) is 0 Å². The lowest BCUT2D eigenvalue weighted by molar-refractivity contribution is -0.124. The summed E-state index contributed by atoms with van der Waals surface area (Å²) in [6.45, 7) is 2.15. The van der Waals surface area contributed by atoms with E-state index in [0.29, 0.717) is 0 Å². The molecule has 1 heterocycles.